The van der Waals surface area contributed by atoms with E-state index in [0.717, 1.165) is 44.3 Å². The molecule has 1 saturated carbocycles. The Morgan fingerprint density at radius 2 is 1.70 bits per heavy atom. The van der Waals surface area contributed by atoms with Crippen LogP contribution in [0.15, 0.2) is 24.3 Å². The van der Waals surface area contributed by atoms with Crippen LogP contribution in [-0.2, 0) is 17.9 Å². The first-order chi connectivity index (χ1) is 9.69. The highest BCUT2D eigenvalue weighted by molar-refractivity contribution is 5.69. The molecule has 0 spiro atoms. The highest BCUT2D eigenvalue weighted by atomic mass is 16.4. The van der Waals surface area contributed by atoms with Gasteiger partial charge in [0.25, 0.3) is 0 Å². The molecule has 0 radical (unpaired) electrons. The third-order valence-corrected chi connectivity index (χ3v) is 4.16. The number of aliphatic carboxylic acids is 1. The van der Waals surface area contributed by atoms with Gasteiger partial charge in [-0.05, 0) is 49.3 Å². The van der Waals surface area contributed by atoms with E-state index in [0.29, 0.717) is 5.92 Å². The zero-order valence-electron chi connectivity index (χ0n) is 11.7. The van der Waals surface area contributed by atoms with Crippen LogP contribution in [-0.4, -0.2) is 22.7 Å². The standard InChI is InChI=1S/C16H23NO3/c18-11-14-3-1-12(2-4-14)9-17-10-13-5-7-15(8-6-13)16(19)20/h1-4,13,15,17-18H,5-11H2,(H,19,20). The van der Waals surface area contributed by atoms with Crippen LogP contribution < -0.4 is 5.32 Å². The van der Waals surface area contributed by atoms with E-state index in [4.69, 9.17) is 10.2 Å². The topological polar surface area (TPSA) is 69.6 Å². The number of carboxylic acids is 1. The largest absolute Gasteiger partial charge is 0.481 e. The van der Waals surface area contributed by atoms with Crippen LogP contribution in [0.25, 0.3) is 0 Å². The van der Waals surface area contributed by atoms with E-state index < -0.39 is 5.97 Å². The first-order valence-corrected chi connectivity index (χ1v) is 7.31. The first kappa shape index (κ1) is 15.0. The molecule has 1 fully saturated rings. The van der Waals surface area contributed by atoms with Gasteiger partial charge in [0.15, 0.2) is 0 Å². The minimum atomic E-state index is -0.639. The lowest BCUT2D eigenvalue weighted by molar-refractivity contribution is -0.143. The van der Waals surface area contributed by atoms with Crippen molar-refractivity contribution in [2.45, 2.75) is 38.8 Å². The molecule has 0 unspecified atom stereocenters. The number of benzene rings is 1. The van der Waals surface area contributed by atoms with Crippen LogP contribution in [0, 0.1) is 11.8 Å². The van der Waals surface area contributed by atoms with E-state index in [1.807, 2.05) is 24.3 Å². The molecule has 0 saturated heterocycles. The molecule has 4 nitrogen and oxygen atoms in total. The molecule has 20 heavy (non-hydrogen) atoms. The lowest BCUT2D eigenvalue weighted by Gasteiger charge is -2.26. The Morgan fingerprint density at radius 1 is 1.10 bits per heavy atom. The predicted molar refractivity (Wildman–Crippen MR) is 77.2 cm³/mol. The lowest BCUT2D eigenvalue weighted by atomic mass is 9.82. The predicted octanol–water partition coefficient (Wildman–Crippen LogP) is 2.16. The fourth-order valence-electron chi connectivity index (χ4n) is 2.80. The summed E-state index contributed by atoms with van der Waals surface area (Å²) in [6.45, 7) is 1.86. The molecule has 0 atom stereocenters. The number of carbonyl (C=O) groups is 1. The zero-order valence-corrected chi connectivity index (χ0v) is 11.7. The molecular weight excluding hydrogens is 254 g/mol. The van der Waals surface area contributed by atoms with Crippen LogP contribution >= 0.6 is 0 Å². The average molecular weight is 277 g/mol. The second kappa shape index (κ2) is 7.41. The molecule has 110 valence electrons. The zero-order chi connectivity index (χ0) is 14.4. The first-order valence-electron chi connectivity index (χ1n) is 7.31. The normalized spacial score (nSPS) is 22.6. The Bertz CT molecular complexity index is 422. The van der Waals surface area contributed by atoms with Gasteiger partial charge in [-0.3, -0.25) is 4.79 Å². The maximum Gasteiger partial charge on any atom is 0.306 e. The van der Waals surface area contributed by atoms with Gasteiger partial charge in [0, 0.05) is 6.54 Å². The summed E-state index contributed by atoms with van der Waals surface area (Å²) in [5.74, 6) is -0.167. The Kier molecular flexibility index (Phi) is 5.56. The molecule has 1 aromatic rings. The van der Waals surface area contributed by atoms with Crippen molar-refractivity contribution in [1.29, 1.82) is 0 Å². The van der Waals surface area contributed by atoms with Crippen LogP contribution in [0.1, 0.15) is 36.8 Å². The second-order valence-corrected chi connectivity index (χ2v) is 5.66. The molecule has 0 aromatic heterocycles. The van der Waals surface area contributed by atoms with Crippen molar-refractivity contribution in [3.05, 3.63) is 35.4 Å². The minimum Gasteiger partial charge on any atom is -0.481 e. The summed E-state index contributed by atoms with van der Waals surface area (Å²) in [4.78, 5) is 10.9. The fourth-order valence-corrected chi connectivity index (χ4v) is 2.80. The van der Waals surface area contributed by atoms with Gasteiger partial charge in [-0.25, -0.2) is 0 Å². The summed E-state index contributed by atoms with van der Waals surface area (Å²) in [6, 6.07) is 7.93. The van der Waals surface area contributed by atoms with Crippen molar-refractivity contribution in [2.75, 3.05) is 6.54 Å². The second-order valence-electron chi connectivity index (χ2n) is 5.66. The molecule has 0 heterocycles. The van der Waals surface area contributed by atoms with Crippen molar-refractivity contribution in [2.24, 2.45) is 11.8 Å². The number of hydrogen-bond acceptors (Lipinski definition) is 3. The van der Waals surface area contributed by atoms with Crippen LogP contribution in [0.5, 0.6) is 0 Å². The van der Waals surface area contributed by atoms with Gasteiger partial charge < -0.3 is 15.5 Å². The Labute approximate surface area is 119 Å². The lowest BCUT2D eigenvalue weighted by Crippen LogP contribution is -2.28. The van der Waals surface area contributed by atoms with Crippen molar-refractivity contribution in [1.82, 2.24) is 5.32 Å². The Hall–Kier alpha value is -1.39. The quantitative estimate of drug-likeness (QED) is 0.745. The number of hydrogen-bond donors (Lipinski definition) is 3. The van der Waals surface area contributed by atoms with Crippen molar-refractivity contribution in [3.63, 3.8) is 0 Å². The summed E-state index contributed by atoms with van der Waals surface area (Å²) >= 11 is 0. The number of nitrogens with one attached hydrogen (secondary N) is 1. The van der Waals surface area contributed by atoms with Gasteiger partial charge >= 0.3 is 5.97 Å². The molecule has 0 bridgehead atoms. The van der Waals surface area contributed by atoms with Gasteiger partial charge in [0.2, 0.25) is 0 Å². The van der Waals surface area contributed by atoms with Crippen LogP contribution in [0.2, 0.25) is 0 Å². The van der Waals surface area contributed by atoms with Crippen molar-refractivity contribution >= 4 is 5.97 Å². The smallest absolute Gasteiger partial charge is 0.306 e. The average Bonchev–Trinajstić information content (AvgIpc) is 2.48. The summed E-state index contributed by atoms with van der Waals surface area (Å²) in [6.07, 6.45) is 3.64. The minimum absolute atomic E-state index is 0.0839. The number of aliphatic hydroxyl groups excluding tert-OH is 1. The molecule has 1 aromatic carbocycles. The SMILES string of the molecule is O=C(O)C1CCC(CNCc2ccc(CO)cc2)CC1. The van der Waals surface area contributed by atoms with Gasteiger partial charge in [0.1, 0.15) is 0 Å². The van der Waals surface area contributed by atoms with Gasteiger partial charge in [-0.1, -0.05) is 24.3 Å². The monoisotopic (exact) mass is 277 g/mol. The maximum atomic E-state index is 10.9. The third kappa shape index (κ3) is 4.32. The molecule has 1 aliphatic carbocycles. The molecule has 3 N–H and O–H groups in total. The highest BCUT2D eigenvalue weighted by Crippen LogP contribution is 2.28. The molecule has 4 heteroatoms. The van der Waals surface area contributed by atoms with Gasteiger partial charge in [0.05, 0.1) is 12.5 Å². The van der Waals surface area contributed by atoms with E-state index in [-0.39, 0.29) is 12.5 Å². The van der Waals surface area contributed by atoms with Gasteiger partial charge in [-0.2, -0.15) is 0 Å². The van der Waals surface area contributed by atoms with Crippen molar-refractivity contribution < 1.29 is 15.0 Å². The Morgan fingerprint density at radius 3 is 2.25 bits per heavy atom. The summed E-state index contributed by atoms with van der Waals surface area (Å²) in [5.41, 5.74) is 2.14. The highest BCUT2D eigenvalue weighted by Gasteiger charge is 2.25. The van der Waals surface area contributed by atoms with E-state index >= 15 is 0 Å². The van der Waals surface area contributed by atoms with E-state index in [2.05, 4.69) is 5.32 Å². The van der Waals surface area contributed by atoms with Crippen LogP contribution in [0.3, 0.4) is 0 Å². The van der Waals surface area contributed by atoms with E-state index in [1.54, 1.807) is 0 Å². The number of carboxylic acid groups (broad SMARTS) is 1. The summed E-state index contributed by atoms with van der Waals surface area (Å²) < 4.78 is 0. The maximum absolute atomic E-state index is 10.9. The fraction of sp³-hybridized carbons (Fsp3) is 0.562. The van der Waals surface area contributed by atoms with E-state index in [1.165, 1.54) is 5.56 Å². The Balaban J connectivity index is 1.67. The summed E-state index contributed by atoms with van der Waals surface area (Å²) in [7, 11) is 0. The van der Waals surface area contributed by atoms with E-state index in [9.17, 15) is 4.79 Å². The molecule has 0 amide bonds. The molecule has 1 aliphatic rings. The van der Waals surface area contributed by atoms with Crippen molar-refractivity contribution in [3.8, 4) is 0 Å². The number of aliphatic hydroxyl groups is 1. The molecule has 0 aliphatic heterocycles. The van der Waals surface area contributed by atoms with Gasteiger partial charge in [-0.15, -0.1) is 0 Å². The molecule has 2 rings (SSSR count). The molecular formula is C16H23NO3. The summed E-state index contributed by atoms with van der Waals surface area (Å²) in [5, 5.41) is 21.4. The number of rotatable bonds is 6. The van der Waals surface area contributed by atoms with Crippen LogP contribution in [0.4, 0.5) is 0 Å². The third-order valence-electron chi connectivity index (χ3n) is 4.16.